The molecule has 4 nitrogen and oxygen atoms in total. The third-order valence-corrected chi connectivity index (χ3v) is 6.11. The van der Waals surface area contributed by atoms with Crippen LogP contribution in [-0.2, 0) is 7.05 Å². The van der Waals surface area contributed by atoms with Crippen molar-refractivity contribution in [3.05, 3.63) is 77.0 Å². The third kappa shape index (κ3) is 2.85. The van der Waals surface area contributed by atoms with Gasteiger partial charge in [-0.15, -0.1) is 0 Å². The Labute approximate surface area is 177 Å². The molecule has 1 aliphatic heterocycles. The van der Waals surface area contributed by atoms with Gasteiger partial charge in [0.05, 0.1) is 0 Å². The van der Waals surface area contributed by atoms with E-state index in [0.29, 0.717) is 5.71 Å². The van der Waals surface area contributed by atoms with E-state index in [1.165, 1.54) is 27.8 Å². The number of aryl methyl sites for hydroxylation is 3. The maximum absolute atomic E-state index is 6.21. The monoisotopic (exact) mass is 394 g/mol. The number of rotatable bonds is 2. The molecule has 0 atom stereocenters. The topological polar surface area (TPSA) is 33.2 Å². The summed E-state index contributed by atoms with van der Waals surface area (Å²) in [6, 6.07) is 17.0. The van der Waals surface area contributed by atoms with Gasteiger partial charge in [-0.05, 0) is 51.1 Å². The summed E-state index contributed by atoms with van der Waals surface area (Å²) in [5, 5.41) is 1.07. The van der Waals surface area contributed by atoms with Crippen LogP contribution in [0.1, 0.15) is 23.7 Å². The lowest BCUT2D eigenvalue weighted by Gasteiger charge is -2.28. The molecule has 148 valence electrons. The predicted molar refractivity (Wildman–Crippen MR) is 124 cm³/mol. The SMILES string of the molecule is CC1=Cc2c(oc3nc(C)ccc23)N(C)B1c1cc(C)c(-c2ccccc2)c[n+]1C. The van der Waals surface area contributed by atoms with Gasteiger partial charge in [-0.3, -0.25) is 0 Å². The van der Waals surface area contributed by atoms with Crippen LogP contribution in [0.15, 0.2) is 64.6 Å². The summed E-state index contributed by atoms with van der Waals surface area (Å²) in [5.74, 6) is 0.878. The average Bonchev–Trinajstić information content (AvgIpc) is 3.08. The first kappa shape index (κ1) is 18.7. The summed E-state index contributed by atoms with van der Waals surface area (Å²) in [7, 11) is 4.23. The average molecular weight is 394 g/mol. The lowest BCUT2D eigenvalue weighted by molar-refractivity contribution is -0.653. The van der Waals surface area contributed by atoms with Crippen LogP contribution in [0.5, 0.6) is 0 Å². The number of pyridine rings is 2. The zero-order valence-electron chi connectivity index (χ0n) is 18.1. The van der Waals surface area contributed by atoms with Gasteiger partial charge in [0.25, 0.3) is 0 Å². The van der Waals surface area contributed by atoms with Crippen molar-refractivity contribution in [2.75, 3.05) is 11.9 Å². The number of fused-ring (bicyclic) bond motifs is 3. The predicted octanol–water partition coefficient (Wildman–Crippen LogP) is 4.23. The van der Waals surface area contributed by atoms with Gasteiger partial charge in [0.2, 0.25) is 5.71 Å². The number of furan rings is 1. The first-order chi connectivity index (χ1) is 14.4. The second kappa shape index (κ2) is 6.87. The molecule has 5 rings (SSSR count). The van der Waals surface area contributed by atoms with Crippen LogP contribution in [0.25, 0.3) is 28.3 Å². The Bertz CT molecular complexity index is 1310. The summed E-state index contributed by atoms with van der Waals surface area (Å²) >= 11 is 0. The maximum Gasteiger partial charge on any atom is 0.401 e. The normalized spacial score (nSPS) is 13.6. The van der Waals surface area contributed by atoms with E-state index < -0.39 is 0 Å². The highest BCUT2D eigenvalue weighted by molar-refractivity contribution is 6.82. The van der Waals surface area contributed by atoms with Gasteiger partial charge in [-0.1, -0.05) is 41.9 Å². The molecule has 0 unspecified atom stereocenters. The van der Waals surface area contributed by atoms with Crippen LogP contribution in [-0.4, -0.2) is 18.9 Å². The van der Waals surface area contributed by atoms with Gasteiger partial charge in [-0.2, -0.15) is 0 Å². The number of hydrogen-bond acceptors (Lipinski definition) is 3. The largest absolute Gasteiger partial charge is 0.423 e. The van der Waals surface area contributed by atoms with E-state index >= 15 is 0 Å². The summed E-state index contributed by atoms with van der Waals surface area (Å²) in [5.41, 5.74) is 9.07. The van der Waals surface area contributed by atoms with E-state index in [2.05, 4.69) is 97.0 Å². The first-order valence-corrected chi connectivity index (χ1v) is 10.3. The number of allylic oxidation sites excluding steroid dienone is 1. The third-order valence-electron chi connectivity index (χ3n) is 6.11. The van der Waals surface area contributed by atoms with Gasteiger partial charge in [0.1, 0.15) is 7.05 Å². The quantitative estimate of drug-likeness (QED) is 0.377. The molecular formula is C25H25BN3O+. The molecule has 1 aromatic carbocycles. The van der Waals surface area contributed by atoms with E-state index in [9.17, 15) is 0 Å². The fraction of sp³-hybridized carbons (Fsp3) is 0.200. The van der Waals surface area contributed by atoms with Gasteiger partial charge in [0.15, 0.2) is 17.7 Å². The molecule has 0 spiro atoms. The highest BCUT2D eigenvalue weighted by Gasteiger charge is 2.39. The fourth-order valence-corrected chi connectivity index (χ4v) is 4.60. The lowest BCUT2D eigenvalue weighted by atomic mass is 9.49. The van der Waals surface area contributed by atoms with Crippen molar-refractivity contribution >= 4 is 35.5 Å². The Morgan fingerprint density at radius 2 is 1.80 bits per heavy atom. The van der Waals surface area contributed by atoms with E-state index in [4.69, 9.17) is 4.42 Å². The zero-order chi connectivity index (χ0) is 21.0. The molecule has 3 aromatic heterocycles. The van der Waals surface area contributed by atoms with Crippen LogP contribution < -0.4 is 15.0 Å². The van der Waals surface area contributed by atoms with E-state index in [-0.39, 0.29) is 6.85 Å². The lowest BCUT2D eigenvalue weighted by Crippen LogP contribution is -2.62. The van der Waals surface area contributed by atoms with Gasteiger partial charge in [-0.25, -0.2) is 9.55 Å². The molecular weight excluding hydrogens is 369 g/mol. The van der Waals surface area contributed by atoms with Gasteiger partial charge in [0, 0.05) is 28.3 Å². The molecule has 4 heterocycles. The minimum absolute atomic E-state index is 0.104. The van der Waals surface area contributed by atoms with Crippen molar-refractivity contribution in [2.24, 2.45) is 7.05 Å². The Morgan fingerprint density at radius 1 is 1.03 bits per heavy atom. The molecule has 0 N–H and O–H groups in total. The van der Waals surface area contributed by atoms with Crippen molar-refractivity contribution in [1.29, 1.82) is 0 Å². The molecule has 0 fully saturated rings. The second-order valence-electron chi connectivity index (χ2n) is 8.30. The summed E-state index contributed by atoms with van der Waals surface area (Å²) in [4.78, 5) is 6.82. The molecule has 30 heavy (non-hydrogen) atoms. The molecule has 5 heteroatoms. The number of aromatic nitrogens is 2. The molecule has 1 aliphatic rings. The molecule has 4 aromatic rings. The Balaban J connectivity index is 1.62. The maximum atomic E-state index is 6.21. The van der Waals surface area contributed by atoms with Crippen molar-refractivity contribution < 1.29 is 8.98 Å². The Hall–Kier alpha value is -3.34. The van der Waals surface area contributed by atoms with Crippen molar-refractivity contribution in [3.63, 3.8) is 0 Å². The van der Waals surface area contributed by atoms with Crippen LogP contribution in [0.3, 0.4) is 0 Å². The molecule has 0 saturated heterocycles. The van der Waals surface area contributed by atoms with Gasteiger partial charge >= 0.3 is 6.85 Å². The second-order valence-corrected chi connectivity index (χ2v) is 8.30. The highest BCUT2D eigenvalue weighted by atomic mass is 16.4. The van der Waals surface area contributed by atoms with Crippen LogP contribution in [0.4, 0.5) is 5.88 Å². The number of nitrogens with zero attached hydrogens (tertiary/aromatic N) is 3. The minimum atomic E-state index is 0.104. The van der Waals surface area contributed by atoms with E-state index in [1.807, 2.05) is 13.0 Å². The molecule has 0 bridgehead atoms. The minimum Gasteiger partial charge on any atom is -0.423 e. The molecule has 0 radical (unpaired) electrons. The van der Waals surface area contributed by atoms with E-state index in [0.717, 1.165) is 22.5 Å². The van der Waals surface area contributed by atoms with Crippen molar-refractivity contribution in [3.8, 4) is 11.1 Å². The van der Waals surface area contributed by atoms with Crippen molar-refractivity contribution in [2.45, 2.75) is 20.8 Å². The number of anilines is 1. The molecule has 0 saturated carbocycles. The van der Waals surface area contributed by atoms with Crippen LogP contribution >= 0.6 is 0 Å². The standard InChI is InChI=1S/C25H25BN3O/c1-16-13-23(28(4)15-22(16)19-9-7-6-8-10-19)26-17(2)14-21-20-12-11-18(3)27-24(20)30-25(21)29(26)5/h6-15H,1-5H3/q+1. The zero-order valence-corrected chi connectivity index (χ0v) is 18.1. The highest BCUT2D eigenvalue weighted by Crippen LogP contribution is 2.37. The summed E-state index contributed by atoms with van der Waals surface area (Å²) < 4.78 is 8.45. The summed E-state index contributed by atoms with van der Waals surface area (Å²) in [6.07, 6.45) is 4.49. The first-order valence-electron chi connectivity index (χ1n) is 10.3. The van der Waals surface area contributed by atoms with Crippen LogP contribution in [0, 0.1) is 13.8 Å². The fourth-order valence-electron chi connectivity index (χ4n) is 4.60. The van der Waals surface area contributed by atoms with Gasteiger partial charge < -0.3 is 9.23 Å². The molecule has 0 amide bonds. The number of hydrogen-bond donors (Lipinski definition) is 0. The molecule has 0 aliphatic carbocycles. The smallest absolute Gasteiger partial charge is 0.401 e. The van der Waals surface area contributed by atoms with Crippen molar-refractivity contribution in [1.82, 2.24) is 4.98 Å². The summed E-state index contributed by atoms with van der Waals surface area (Å²) in [6.45, 7) is 6.48. The van der Waals surface area contributed by atoms with E-state index in [1.54, 1.807) is 0 Å². The van der Waals surface area contributed by atoms with Crippen LogP contribution in [0.2, 0.25) is 0 Å². The Morgan fingerprint density at radius 3 is 2.57 bits per heavy atom. The Kier molecular flexibility index (Phi) is 4.28. The number of benzene rings is 1.